The molecule has 1 unspecified atom stereocenters. The Labute approximate surface area is 110 Å². The first-order chi connectivity index (χ1) is 9.20. The SMILES string of the molecule is COc1ccc2c(c1)nc(N)n2C1CCCNC1=O. The number of amides is 1. The summed E-state index contributed by atoms with van der Waals surface area (Å²) in [6.45, 7) is 0.732. The van der Waals surface area contributed by atoms with Gasteiger partial charge in [-0.3, -0.25) is 9.36 Å². The second kappa shape index (κ2) is 4.46. The third-order valence-electron chi connectivity index (χ3n) is 3.49. The number of nitrogens with one attached hydrogen (secondary N) is 1. The Morgan fingerprint density at radius 1 is 1.53 bits per heavy atom. The quantitative estimate of drug-likeness (QED) is 0.846. The molecule has 2 heterocycles. The molecule has 3 N–H and O–H groups in total. The molecule has 1 saturated heterocycles. The third-order valence-corrected chi connectivity index (χ3v) is 3.49. The van der Waals surface area contributed by atoms with Crippen molar-refractivity contribution in [1.82, 2.24) is 14.9 Å². The van der Waals surface area contributed by atoms with Crippen LogP contribution in [0.3, 0.4) is 0 Å². The highest BCUT2D eigenvalue weighted by molar-refractivity contribution is 5.86. The van der Waals surface area contributed by atoms with Crippen LogP contribution in [-0.4, -0.2) is 29.1 Å². The molecule has 0 aliphatic carbocycles. The number of ether oxygens (including phenoxy) is 1. The Bertz CT molecular complexity index is 635. The molecule has 0 bridgehead atoms. The molecule has 1 amide bonds. The summed E-state index contributed by atoms with van der Waals surface area (Å²) in [6, 6.07) is 5.29. The van der Waals surface area contributed by atoms with Crippen molar-refractivity contribution in [3.63, 3.8) is 0 Å². The molecule has 1 aliphatic heterocycles. The lowest BCUT2D eigenvalue weighted by Crippen LogP contribution is -2.38. The van der Waals surface area contributed by atoms with Crippen molar-refractivity contribution in [2.75, 3.05) is 19.4 Å². The number of nitrogen functional groups attached to an aromatic ring is 1. The van der Waals surface area contributed by atoms with Gasteiger partial charge < -0.3 is 15.8 Å². The van der Waals surface area contributed by atoms with Gasteiger partial charge in [-0.2, -0.15) is 0 Å². The second-order valence-electron chi connectivity index (χ2n) is 4.64. The number of carbonyl (C=O) groups excluding carboxylic acids is 1. The van der Waals surface area contributed by atoms with Crippen LogP contribution < -0.4 is 15.8 Å². The molecule has 6 nitrogen and oxygen atoms in total. The van der Waals surface area contributed by atoms with Crippen LogP contribution in [0.25, 0.3) is 11.0 Å². The maximum absolute atomic E-state index is 12.0. The molecule has 0 saturated carbocycles. The highest BCUT2D eigenvalue weighted by Crippen LogP contribution is 2.29. The summed E-state index contributed by atoms with van der Waals surface area (Å²) < 4.78 is 6.98. The van der Waals surface area contributed by atoms with E-state index in [0.717, 1.165) is 36.2 Å². The number of anilines is 1. The predicted molar refractivity (Wildman–Crippen MR) is 72.0 cm³/mol. The van der Waals surface area contributed by atoms with Crippen molar-refractivity contribution in [3.8, 4) is 5.75 Å². The number of nitrogens with two attached hydrogens (primary N) is 1. The number of imidazole rings is 1. The zero-order chi connectivity index (χ0) is 13.4. The minimum atomic E-state index is -0.271. The molecule has 1 fully saturated rings. The number of hydrogen-bond donors (Lipinski definition) is 2. The maximum atomic E-state index is 12.0. The minimum Gasteiger partial charge on any atom is -0.497 e. The van der Waals surface area contributed by atoms with E-state index in [4.69, 9.17) is 10.5 Å². The monoisotopic (exact) mass is 260 g/mol. The van der Waals surface area contributed by atoms with Gasteiger partial charge in [-0.05, 0) is 25.0 Å². The summed E-state index contributed by atoms with van der Waals surface area (Å²) >= 11 is 0. The van der Waals surface area contributed by atoms with Crippen LogP contribution in [0.2, 0.25) is 0 Å². The van der Waals surface area contributed by atoms with Crippen molar-refractivity contribution >= 4 is 22.9 Å². The van der Waals surface area contributed by atoms with Gasteiger partial charge in [-0.15, -0.1) is 0 Å². The van der Waals surface area contributed by atoms with Crippen molar-refractivity contribution in [2.24, 2.45) is 0 Å². The first-order valence-corrected chi connectivity index (χ1v) is 6.30. The van der Waals surface area contributed by atoms with Gasteiger partial charge in [-0.1, -0.05) is 0 Å². The maximum Gasteiger partial charge on any atom is 0.243 e. The standard InChI is InChI=1S/C13H16N4O2/c1-19-8-4-5-10-9(7-8)16-13(14)17(10)11-3-2-6-15-12(11)18/h4-5,7,11H,2-3,6H2,1H3,(H2,14,16)(H,15,18). The Hall–Kier alpha value is -2.24. The normalized spacial score (nSPS) is 19.4. The highest BCUT2D eigenvalue weighted by atomic mass is 16.5. The van der Waals surface area contributed by atoms with E-state index in [-0.39, 0.29) is 11.9 Å². The van der Waals surface area contributed by atoms with Gasteiger partial charge in [0.15, 0.2) is 0 Å². The second-order valence-corrected chi connectivity index (χ2v) is 4.64. The molecule has 1 aromatic carbocycles. The van der Waals surface area contributed by atoms with E-state index in [1.165, 1.54) is 0 Å². The smallest absolute Gasteiger partial charge is 0.243 e. The molecule has 3 rings (SSSR count). The van der Waals surface area contributed by atoms with Gasteiger partial charge in [0.1, 0.15) is 11.8 Å². The molecule has 0 spiro atoms. The van der Waals surface area contributed by atoms with E-state index in [9.17, 15) is 4.79 Å². The Balaban J connectivity index is 2.12. The van der Waals surface area contributed by atoms with Gasteiger partial charge in [-0.25, -0.2) is 4.98 Å². The summed E-state index contributed by atoms with van der Waals surface area (Å²) in [5.74, 6) is 1.10. The average molecular weight is 260 g/mol. The zero-order valence-electron chi connectivity index (χ0n) is 10.7. The zero-order valence-corrected chi connectivity index (χ0v) is 10.7. The van der Waals surface area contributed by atoms with Gasteiger partial charge in [0.2, 0.25) is 11.9 Å². The van der Waals surface area contributed by atoms with Crippen LogP contribution in [0.5, 0.6) is 5.75 Å². The fraction of sp³-hybridized carbons (Fsp3) is 0.385. The Morgan fingerprint density at radius 3 is 3.11 bits per heavy atom. The van der Waals surface area contributed by atoms with Crippen molar-refractivity contribution in [3.05, 3.63) is 18.2 Å². The lowest BCUT2D eigenvalue weighted by Gasteiger charge is -2.24. The average Bonchev–Trinajstić information content (AvgIpc) is 2.74. The van der Waals surface area contributed by atoms with Gasteiger partial charge in [0, 0.05) is 12.6 Å². The number of fused-ring (bicyclic) bond motifs is 1. The van der Waals surface area contributed by atoms with E-state index < -0.39 is 0 Å². The van der Waals surface area contributed by atoms with Crippen LogP contribution in [0, 0.1) is 0 Å². The molecule has 0 radical (unpaired) electrons. The number of nitrogens with zero attached hydrogens (tertiary/aromatic N) is 2. The van der Waals surface area contributed by atoms with E-state index in [0.29, 0.717) is 5.95 Å². The Morgan fingerprint density at radius 2 is 2.37 bits per heavy atom. The molecule has 2 aromatic rings. The summed E-state index contributed by atoms with van der Waals surface area (Å²) in [4.78, 5) is 16.3. The minimum absolute atomic E-state index is 0.00747. The molecule has 1 aliphatic rings. The Kier molecular flexibility index (Phi) is 2.77. The third kappa shape index (κ3) is 1.89. The summed E-state index contributed by atoms with van der Waals surface area (Å²) in [5, 5.41) is 2.87. The van der Waals surface area contributed by atoms with Crippen molar-refractivity contribution < 1.29 is 9.53 Å². The molecule has 100 valence electrons. The number of methoxy groups -OCH3 is 1. The van der Waals surface area contributed by atoms with Crippen LogP contribution in [0.4, 0.5) is 5.95 Å². The number of benzene rings is 1. The number of carbonyl (C=O) groups is 1. The number of aromatic nitrogens is 2. The highest BCUT2D eigenvalue weighted by Gasteiger charge is 2.27. The van der Waals surface area contributed by atoms with E-state index in [1.807, 2.05) is 22.8 Å². The van der Waals surface area contributed by atoms with E-state index >= 15 is 0 Å². The van der Waals surface area contributed by atoms with Crippen molar-refractivity contribution in [2.45, 2.75) is 18.9 Å². The molecule has 1 aromatic heterocycles. The topological polar surface area (TPSA) is 82.2 Å². The summed E-state index contributed by atoms with van der Waals surface area (Å²) in [6.07, 6.45) is 1.74. The van der Waals surface area contributed by atoms with Crippen LogP contribution in [0.1, 0.15) is 18.9 Å². The van der Waals surface area contributed by atoms with Gasteiger partial charge in [0.05, 0.1) is 18.1 Å². The summed E-state index contributed by atoms with van der Waals surface area (Å²) in [7, 11) is 1.61. The first kappa shape index (κ1) is 11.8. The van der Waals surface area contributed by atoms with Gasteiger partial charge >= 0.3 is 0 Å². The first-order valence-electron chi connectivity index (χ1n) is 6.30. The predicted octanol–water partition coefficient (Wildman–Crippen LogP) is 1.08. The lowest BCUT2D eigenvalue weighted by atomic mass is 10.1. The fourth-order valence-electron chi connectivity index (χ4n) is 2.55. The fourth-order valence-corrected chi connectivity index (χ4v) is 2.55. The number of piperidine rings is 1. The van der Waals surface area contributed by atoms with Crippen LogP contribution in [0.15, 0.2) is 18.2 Å². The number of hydrogen-bond acceptors (Lipinski definition) is 4. The molecule has 6 heteroatoms. The van der Waals surface area contributed by atoms with Crippen LogP contribution >= 0.6 is 0 Å². The van der Waals surface area contributed by atoms with E-state index in [2.05, 4.69) is 10.3 Å². The number of rotatable bonds is 2. The molecule has 1 atom stereocenters. The lowest BCUT2D eigenvalue weighted by molar-refractivity contribution is -0.125. The van der Waals surface area contributed by atoms with Crippen molar-refractivity contribution in [1.29, 1.82) is 0 Å². The molecule has 19 heavy (non-hydrogen) atoms. The molecular formula is C13H16N4O2. The summed E-state index contributed by atoms with van der Waals surface area (Å²) in [5.41, 5.74) is 7.58. The molecular weight excluding hydrogens is 244 g/mol. The van der Waals surface area contributed by atoms with Gasteiger partial charge in [0.25, 0.3) is 0 Å². The van der Waals surface area contributed by atoms with E-state index in [1.54, 1.807) is 7.11 Å². The largest absolute Gasteiger partial charge is 0.497 e. The van der Waals surface area contributed by atoms with Crippen LogP contribution in [-0.2, 0) is 4.79 Å².